The molecule has 2 aliphatic rings. The molecule has 5 atom stereocenters. The Labute approximate surface area is 150 Å². The molecular weight excluding hydrogens is 320 g/mol. The molecule has 5 nitrogen and oxygen atoms in total. The number of fused-ring (bicyclic) bond motifs is 1. The van der Waals surface area contributed by atoms with E-state index in [4.69, 9.17) is 5.11 Å². The number of carboxylic acids is 1. The number of aliphatic carboxylic acids is 1. The summed E-state index contributed by atoms with van der Waals surface area (Å²) in [6.45, 7) is 7.71. The molecule has 0 amide bonds. The Hall–Kier alpha value is -1.17. The molecule has 0 radical (unpaired) electrons. The van der Waals surface area contributed by atoms with Gasteiger partial charge in [0.2, 0.25) is 0 Å². The van der Waals surface area contributed by atoms with E-state index in [-0.39, 0.29) is 17.9 Å². The fourth-order valence-corrected chi connectivity index (χ4v) is 5.41. The van der Waals surface area contributed by atoms with Crippen molar-refractivity contribution in [2.45, 2.75) is 72.0 Å². The normalized spacial score (nSPS) is 39.3. The molecule has 1 fully saturated rings. The van der Waals surface area contributed by atoms with Crippen LogP contribution in [0.1, 0.15) is 59.8 Å². The molecule has 142 valence electrons. The van der Waals surface area contributed by atoms with Crippen molar-refractivity contribution in [3.05, 3.63) is 22.8 Å². The Morgan fingerprint density at radius 3 is 2.52 bits per heavy atom. The number of carboxylic acid groups (broad SMARTS) is 1. The maximum Gasteiger partial charge on any atom is 0.328 e. The summed E-state index contributed by atoms with van der Waals surface area (Å²) in [7, 11) is 0. The summed E-state index contributed by atoms with van der Waals surface area (Å²) in [4.78, 5) is 10.8. The monoisotopic (exact) mass is 352 g/mol. The Kier molecular flexibility index (Phi) is 5.81. The highest BCUT2D eigenvalue weighted by Crippen LogP contribution is 2.60. The van der Waals surface area contributed by atoms with Crippen LogP contribution in [0.4, 0.5) is 0 Å². The molecule has 0 saturated heterocycles. The summed E-state index contributed by atoms with van der Waals surface area (Å²) in [5.41, 5.74) is 2.21. The van der Waals surface area contributed by atoms with Gasteiger partial charge in [0.1, 0.15) is 0 Å². The maximum absolute atomic E-state index is 10.8. The zero-order valence-corrected chi connectivity index (χ0v) is 15.7. The van der Waals surface area contributed by atoms with Gasteiger partial charge >= 0.3 is 5.97 Å². The molecule has 0 bridgehead atoms. The van der Waals surface area contributed by atoms with Crippen molar-refractivity contribution < 1.29 is 25.2 Å². The highest BCUT2D eigenvalue weighted by Gasteiger charge is 2.58. The lowest BCUT2D eigenvalue weighted by Gasteiger charge is -2.59. The van der Waals surface area contributed by atoms with E-state index in [1.54, 1.807) is 0 Å². The van der Waals surface area contributed by atoms with Gasteiger partial charge in [-0.15, -0.1) is 0 Å². The van der Waals surface area contributed by atoms with E-state index in [1.165, 1.54) is 11.6 Å². The van der Waals surface area contributed by atoms with Crippen LogP contribution in [0.2, 0.25) is 0 Å². The minimum atomic E-state index is -0.931. The lowest BCUT2D eigenvalue weighted by Crippen LogP contribution is -2.59. The molecular formula is C20H32O5. The van der Waals surface area contributed by atoms with Gasteiger partial charge in [-0.05, 0) is 51.4 Å². The number of carbonyl (C=O) groups is 1. The molecule has 0 heterocycles. The topological polar surface area (TPSA) is 98.0 Å². The van der Waals surface area contributed by atoms with Crippen molar-refractivity contribution in [3.8, 4) is 0 Å². The van der Waals surface area contributed by atoms with Crippen molar-refractivity contribution >= 4 is 5.97 Å². The third-order valence-corrected chi connectivity index (χ3v) is 6.68. The standard InChI is InChI=1S/C20H32O5/c1-12(9-17(24)25)5-6-14-13(2)10-15(22)18-19(14,3)8-7-16(23)20(18,4)11-21/h9,15-16,18,21-23H,5-8,10-11H2,1-4H3,(H,24,25)/b12-9+/t15?,16-,18?,19-,20+/m1/s1. The second-order valence-electron chi connectivity index (χ2n) is 8.47. The molecule has 5 heteroatoms. The van der Waals surface area contributed by atoms with E-state index in [2.05, 4.69) is 6.92 Å². The lowest BCUT2D eigenvalue weighted by molar-refractivity contribution is -0.160. The third kappa shape index (κ3) is 3.55. The van der Waals surface area contributed by atoms with Gasteiger partial charge in [-0.3, -0.25) is 0 Å². The first kappa shape index (κ1) is 20.1. The molecule has 2 rings (SSSR count). The maximum atomic E-state index is 10.8. The Balaban J connectivity index is 2.37. The molecule has 25 heavy (non-hydrogen) atoms. The van der Waals surface area contributed by atoms with Gasteiger partial charge in [0, 0.05) is 17.4 Å². The van der Waals surface area contributed by atoms with E-state index in [0.717, 1.165) is 24.0 Å². The lowest BCUT2D eigenvalue weighted by atomic mass is 9.47. The van der Waals surface area contributed by atoms with E-state index in [9.17, 15) is 20.1 Å². The fourth-order valence-electron chi connectivity index (χ4n) is 5.41. The number of rotatable bonds is 5. The number of aliphatic hydroxyl groups excluding tert-OH is 3. The molecule has 0 aromatic rings. The molecule has 2 unspecified atom stereocenters. The van der Waals surface area contributed by atoms with Crippen LogP contribution in [0, 0.1) is 16.7 Å². The third-order valence-electron chi connectivity index (χ3n) is 6.68. The summed E-state index contributed by atoms with van der Waals surface area (Å²) in [5, 5.41) is 40.2. The van der Waals surface area contributed by atoms with Crippen LogP contribution in [0.5, 0.6) is 0 Å². The minimum Gasteiger partial charge on any atom is -0.478 e. The van der Waals surface area contributed by atoms with E-state index in [1.807, 2.05) is 20.8 Å². The highest BCUT2D eigenvalue weighted by atomic mass is 16.4. The van der Waals surface area contributed by atoms with Gasteiger partial charge in [-0.1, -0.05) is 30.6 Å². The molecule has 0 aliphatic heterocycles. The predicted octanol–water partition coefficient (Wildman–Crippen LogP) is 2.65. The van der Waals surface area contributed by atoms with Gasteiger partial charge in [0.15, 0.2) is 0 Å². The first-order valence-electron chi connectivity index (χ1n) is 9.12. The first-order chi connectivity index (χ1) is 11.6. The van der Waals surface area contributed by atoms with Crippen molar-refractivity contribution in [2.24, 2.45) is 16.7 Å². The zero-order valence-electron chi connectivity index (χ0n) is 15.7. The first-order valence-corrected chi connectivity index (χ1v) is 9.12. The summed E-state index contributed by atoms with van der Waals surface area (Å²) in [6.07, 6.45) is 3.34. The predicted molar refractivity (Wildman–Crippen MR) is 96.0 cm³/mol. The smallest absolute Gasteiger partial charge is 0.328 e. The second kappa shape index (κ2) is 7.22. The Morgan fingerprint density at radius 1 is 1.32 bits per heavy atom. The SMILES string of the molecule is CC1=C(CC/C(C)=C/C(=O)O)[C@@]2(C)CC[C@@H](O)[C@](C)(CO)C2C(O)C1. The van der Waals surface area contributed by atoms with Gasteiger partial charge < -0.3 is 20.4 Å². The van der Waals surface area contributed by atoms with E-state index >= 15 is 0 Å². The van der Waals surface area contributed by atoms with Crippen LogP contribution < -0.4 is 0 Å². The molecule has 2 aliphatic carbocycles. The van der Waals surface area contributed by atoms with Crippen molar-refractivity contribution in [1.29, 1.82) is 0 Å². The van der Waals surface area contributed by atoms with Gasteiger partial charge in [-0.2, -0.15) is 0 Å². The quantitative estimate of drug-likeness (QED) is 0.450. The van der Waals surface area contributed by atoms with Crippen molar-refractivity contribution in [3.63, 3.8) is 0 Å². The Morgan fingerprint density at radius 2 is 1.96 bits per heavy atom. The average Bonchev–Trinajstić information content (AvgIpc) is 2.49. The number of hydrogen-bond donors (Lipinski definition) is 4. The van der Waals surface area contributed by atoms with Crippen LogP contribution in [-0.2, 0) is 4.79 Å². The summed E-state index contributed by atoms with van der Waals surface area (Å²) < 4.78 is 0. The van der Waals surface area contributed by atoms with Crippen LogP contribution in [-0.4, -0.2) is 45.2 Å². The van der Waals surface area contributed by atoms with Gasteiger partial charge in [0.25, 0.3) is 0 Å². The van der Waals surface area contributed by atoms with Gasteiger partial charge in [0.05, 0.1) is 18.8 Å². The van der Waals surface area contributed by atoms with E-state index in [0.29, 0.717) is 19.3 Å². The largest absolute Gasteiger partial charge is 0.478 e. The summed E-state index contributed by atoms with van der Waals surface area (Å²) >= 11 is 0. The zero-order chi connectivity index (χ0) is 19.0. The van der Waals surface area contributed by atoms with Crippen LogP contribution in [0.25, 0.3) is 0 Å². The van der Waals surface area contributed by atoms with Crippen molar-refractivity contribution in [2.75, 3.05) is 6.61 Å². The fraction of sp³-hybridized carbons (Fsp3) is 0.750. The van der Waals surface area contributed by atoms with Crippen LogP contribution in [0.3, 0.4) is 0 Å². The molecule has 4 N–H and O–H groups in total. The highest BCUT2D eigenvalue weighted by molar-refractivity contribution is 5.80. The van der Waals surface area contributed by atoms with Crippen LogP contribution in [0.15, 0.2) is 22.8 Å². The summed E-state index contributed by atoms with van der Waals surface area (Å²) in [5.74, 6) is -1.14. The number of hydrogen-bond acceptors (Lipinski definition) is 4. The van der Waals surface area contributed by atoms with E-state index < -0.39 is 23.6 Å². The molecule has 0 aromatic carbocycles. The molecule has 0 aromatic heterocycles. The second-order valence-corrected chi connectivity index (χ2v) is 8.47. The van der Waals surface area contributed by atoms with Gasteiger partial charge in [-0.25, -0.2) is 4.79 Å². The Bertz CT molecular complexity index is 593. The minimum absolute atomic E-state index is 0.157. The van der Waals surface area contributed by atoms with Crippen LogP contribution >= 0.6 is 0 Å². The average molecular weight is 352 g/mol. The number of allylic oxidation sites excluding steroid dienone is 2. The number of aliphatic hydroxyl groups is 3. The van der Waals surface area contributed by atoms with Crippen molar-refractivity contribution in [1.82, 2.24) is 0 Å². The summed E-state index contributed by atoms with van der Waals surface area (Å²) in [6, 6.07) is 0. The molecule has 0 spiro atoms. The molecule has 1 saturated carbocycles.